The van der Waals surface area contributed by atoms with Crippen molar-refractivity contribution in [1.82, 2.24) is 0 Å². The molecule has 1 aliphatic rings. The second-order valence-electron chi connectivity index (χ2n) is 4.81. The van der Waals surface area contributed by atoms with Crippen LogP contribution in [0, 0.1) is 5.41 Å². The van der Waals surface area contributed by atoms with Crippen molar-refractivity contribution in [2.45, 2.75) is 40.2 Å². The fourth-order valence-corrected chi connectivity index (χ4v) is 1.52. The van der Waals surface area contributed by atoms with E-state index >= 15 is 0 Å². The summed E-state index contributed by atoms with van der Waals surface area (Å²) in [7, 11) is 0. The van der Waals surface area contributed by atoms with Crippen molar-refractivity contribution >= 4 is 5.90 Å². The quantitative estimate of drug-likeness (QED) is 0.706. The highest BCUT2D eigenvalue weighted by Crippen LogP contribution is 2.29. The van der Waals surface area contributed by atoms with Crippen LogP contribution in [0.15, 0.2) is 16.3 Å². The maximum absolute atomic E-state index is 12.2. The monoisotopic (exact) mass is 232 g/mol. The smallest absolute Gasteiger partial charge is 0.334 e. The molecule has 92 valence electrons. The summed E-state index contributed by atoms with van der Waals surface area (Å²) in [6.45, 7) is 3.47. The SMILES string of the molecule is CC(C)(C)C(N)=C1CCCOC1=NC(F)F. The third kappa shape index (κ3) is 3.18. The summed E-state index contributed by atoms with van der Waals surface area (Å²) in [4.78, 5) is 3.18. The zero-order valence-electron chi connectivity index (χ0n) is 9.89. The van der Waals surface area contributed by atoms with Crippen molar-refractivity contribution < 1.29 is 13.5 Å². The number of nitrogens with two attached hydrogens (primary N) is 1. The van der Waals surface area contributed by atoms with Crippen molar-refractivity contribution in [3.8, 4) is 0 Å². The maximum Gasteiger partial charge on any atom is 0.334 e. The first kappa shape index (κ1) is 12.9. The van der Waals surface area contributed by atoms with Crippen LogP contribution >= 0.6 is 0 Å². The number of hydrogen-bond donors (Lipinski definition) is 1. The van der Waals surface area contributed by atoms with Crippen molar-refractivity contribution in [3.05, 3.63) is 11.3 Å². The molecule has 0 spiro atoms. The number of hydrogen-bond acceptors (Lipinski definition) is 3. The zero-order chi connectivity index (χ0) is 12.3. The number of alkyl halides is 2. The molecule has 3 nitrogen and oxygen atoms in total. The van der Waals surface area contributed by atoms with E-state index in [0.29, 0.717) is 24.3 Å². The normalized spacial score (nSPS) is 23.5. The van der Waals surface area contributed by atoms with Gasteiger partial charge in [-0.1, -0.05) is 20.8 Å². The number of aliphatic imine (C=N–C) groups is 1. The molecule has 0 radical (unpaired) electrons. The topological polar surface area (TPSA) is 47.6 Å². The van der Waals surface area contributed by atoms with Crippen LogP contribution in [0.5, 0.6) is 0 Å². The number of allylic oxidation sites excluding steroid dienone is 1. The van der Waals surface area contributed by atoms with Gasteiger partial charge in [0.1, 0.15) is 0 Å². The minimum absolute atomic E-state index is 0.00803. The minimum Gasteiger partial charge on any atom is -0.478 e. The van der Waals surface area contributed by atoms with Gasteiger partial charge in [0.2, 0.25) is 5.90 Å². The Bertz CT molecular complexity index is 316. The Morgan fingerprint density at radius 2 is 2.06 bits per heavy atom. The van der Waals surface area contributed by atoms with Crippen LogP contribution < -0.4 is 5.73 Å². The summed E-state index contributed by atoms with van der Waals surface area (Å²) in [6.07, 6.45) is 1.43. The van der Waals surface area contributed by atoms with E-state index in [1.807, 2.05) is 20.8 Å². The van der Waals surface area contributed by atoms with Crippen LogP contribution in [-0.2, 0) is 4.74 Å². The predicted molar refractivity (Wildman–Crippen MR) is 59.3 cm³/mol. The van der Waals surface area contributed by atoms with Gasteiger partial charge in [0.25, 0.3) is 0 Å². The van der Waals surface area contributed by atoms with Gasteiger partial charge in [0, 0.05) is 16.7 Å². The fourth-order valence-electron chi connectivity index (χ4n) is 1.52. The van der Waals surface area contributed by atoms with E-state index in [9.17, 15) is 8.78 Å². The van der Waals surface area contributed by atoms with E-state index in [0.717, 1.165) is 6.42 Å². The Hall–Kier alpha value is -1.13. The molecule has 1 saturated heterocycles. The number of nitrogens with zero attached hydrogens (tertiary/aromatic N) is 1. The summed E-state index contributed by atoms with van der Waals surface area (Å²) in [5.41, 5.74) is 6.90. The fraction of sp³-hybridized carbons (Fsp3) is 0.727. The van der Waals surface area contributed by atoms with Gasteiger partial charge in [-0.2, -0.15) is 13.8 Å². The number of halogens is 2. The van der Waals surface area contributed by atoms with Gasteiger partial charge in [-0.15, -0.1) is 0 Å². The van der Waals surface area contributed by atoms with Gasteiger partial charge in [0.15, 0.2) is 0 Å². The number of rotatable bonds is 1. The van der Waals surface area contributed by atoms with Crippen LogP contribution in [0.4, 0.5) is 8.78 Å². The minimum atomic E-state index is -2.75. The standard InChI is InChI=1S/C11H18F2N2O/c1-11(2,3)8(14)7-5-4-6-16-9(7)15-10(12)13/h10H,4-6,14H2,1-3H3. The average molecular weight is 232 g/mol. The molecule has 0 saturated carbocycles. The van der Waals surface area contributed by atoms with Crippen LogP contribution in [0.25, 0.3) is 0 Å². The Balaban J connectivity index is 3.08. The lowest BCUT2D eigenvalue weighted by molar-refractivity contribution is 0.152. The third-order valence-corrected chi connectivity index (χ3v) is 2.42. The Morgan fingerprint density at radius 3 is 2.56 bits per heavy atom. The Morgan fingerprint density at radius 1 is 1.44 bits per heavy atom. The molecule has 0 aromatic rings. The van der Waals surface area contributed by atoms with E-state index in [1.165, 1.54) is 0 Å². The predicted octanol–water partition coefficient (Wildman–Crippen LogP) is 2.68. The van der Waals surface area contributed by atoms with Gasteiger partial charge < -0.3 is 10.5 Å². The lowest BCUT2D eigenvalue weighted by atomic mass is 9.87. The molecule has 0 aromatic heterocycles. The summed E-state index contributed by atoms with van der Waals surface area (Å²) < 4.78 is 29.6. The van der Waals surface area contributed by atoms with Gasteiger partial charge in [-0.05, 0) is 12.8 Å². The summed E-state index contributed by atoms with van der Waals surface area (Å²) in [6, 6.07) is 0. The van der Waals surface area contributed by atoms with Crippen LogP contribution in [0.2, 0.25) is 0 Å². The average Bonchev–Trinajstić information content (AvgIpc) is 2.15. The molecular formula is C11H18F2N2O. The second kappa shape index (κ2) is 4.80. The van der Waals surface area contributed by atoms with Crippen molar-refractivity contribution in [3.63, 3.8) is 0 Å². The summed E-state index contributed by atoms with van der Waals surface area (Å²) in [5.74, 6) is 0.00803. The molecular weight excluding hydrogens is 214 g/mol. The first-order valence-electron chi connectivity index (χ1n) is 5.30. The lowest BCUT2D eigenvalue weighted by Gasteiger charge is -2.26. The summed E-state index contributed by atoms with van der Waals surface area (Å²) >= 11 is 0. The highest BCUT2D eigenvalue weighted by Gasteiger charge is 2.25. The molecule has 2 N–H and O–H groups in total. The molecule has 1 heterocycles. The molecule has 1 fully saturated rings. The van der Waals surface area contributed by atoms with E-state index in [2.05, 4.69) is 4.99 Å². The van der Waals surface area contributed by atoms with Gasteiger partial charge in [-0.25, -0.2) is 0 Å². The van der Waals surface area contributed by atoms with E-state index in [4.69, 9.17) is 10.5 Å². The van der Waals surface area contributed by atoms with Gasteiger partial charge in [0.05, 0.1) is 6.61 Å². The van der Waals surface area contributed by atoms with Crippen LogP contribution in [0.3, 0.4) is 0 Å². The number of ether oxygens (including phenoxy) is 1. The first-order valence-corrected chi connectivity index (χ1v) is 5.30. The molecule has 0 aliphatic carbocycles. The molecule has 0 amide bonds. The maximum atomic E-state index is 12.2. The second-order valence-corrected chi connectivity index (χ2v) is 4.81. The summed E-state index contributed by atoms with van der Waals surface area (Å²) in [5, 5.41) is 0. The Kier molecular flexibility index (Phi) is 3.88. The first-order chi connectivity index (χ1) is 7.32. The van der Waals surface area contributed by atoms with Crippen molar-refractivity contribution in [2.75, 3.05) is 6.61 Å². The molecule has 0 unspecified atom stereocenters. The highest BCUT2D eigenvalue weighted by molar-refractivity contribution is 5.95. The molecule has 16 heavy (non-hydrogen) atoms. The Labute approximate surface area is 94.4 Å². The lowest BCUT2D eigenvalue weighted by Crippen LogP contribution is -2.27. The van der Waals surface area contributed by atoms with Gasteiger partial charge >= 0.3 is 6.55 Å². The molecule has 0 atom stereocenters. The van der Waals surface area contributed by atoms with Crippen LogP contribution in [-0.4, -0.2) is 19.1 Å². The van der Waals surface area contributed by atoms with Crippen molar-refractivity contribution in [2.24, 2.45) is 16.1 Å². The molecule has 0 aromatic carbocycles. The van der Waals surface area contributed by atoms with Gasteiger partial charge in [-0.3, -0.25) is 0 Å². The third-order valence-electron chi connectivity index (χ3n) is 2.42. The van der Waals surface area contributed by atoms with E-state index in [1.54, 1.807) is 0 Å². The van der Waals surface area contributed by atoms with Crippen LogP contribution in [0.1, 0.15) is 33.6 Å². The van der Waals surface area contributed by atoms with E-state index in [-0.39, 0.29) is 11.3 Å². The van der Waals surface area contributed by atoms with E-state index < -0.39 is 6.55 Å². The molecule has 1 rings (SSSR count). The molecule has 1 aliphatic heterocycles. The molecule has 5 heteroatoms. The van der Waals surface area contributed by atoms with Crippen molar-refractivity contribution in [1.29, 1.82) is 0 Å². The zero-order valence-corrected chi connectivity index (χ0v) is 9.89. The highest BCUT2D eigenvalue weighted by atomic mass is 19.3. The largest absolute Gasteiger partial charge is 0.478 e. The molecule has 0 bridgehead atoms.